The van der Waals surface area contributed by atoms with Crippen LogP contribution in [0.2, 0.25) is 0 Å². The normalized spacial score (nSPS) is 10.6. The standard InChI is InChI=1S/C18H21N7O/c1-4-12-7-5-6-11(2)15(12)23-17-14(16(19)26)9-20-18(24-17)22-13-8-21-25(3)10-13/h5-10H,4H2,1-3H3,(H2,19,26)(H2,20,22,23,24). The fourth-order valence-electron chi connectivity index (χ4n) is 2.65. The number of rotatable bonds is 6. The number of nitrogens with one attached hydrogen (secondary N) is 2. The van der Waals surface area contributed by atoms with Gasteiger partial charge in [-0.25, -0.2) is 4.98 Å². The van der Waals surface area contributed by atoms with E-state index in [-0.39, 0.29) is 5.56 Å². The first-order valence-corrected chi connectivity index (χ1v) is 8.26. The molecule has 4 N–H and O–H groups in total. The summed E-state index contributed by atoms with van der Waals surface area (Å²) in [7, 11) is 1.82. The van der Waals surface area contributed by atoms with Crippen molar-refractivity contribution in [2.45, 2.75) is 20.3 Å². The number of nitrogens with two attached hydrogens (primary N) is 1. The van der Waals surface area contributed by atoms with Crippen LogP contribution in [-0.4, -0.2) is 25.7 Å². The van der Waals surface area contributed by atoms with Gasteiger partial charge in [0.2, 0.25) is 5.95 Å². The van der Waals surface area contributed by atoms with E-state index in [2.05, 4.69) is 32.6 Å². The number of primary amides is 1. The van der Waals surface area contributed by atoms with E-state index < -0.39 is 5.91 Å². The first-order valence-electron chi connectivity index (χ1n) is 8.26. The first-order chi connectivity index (χ1) is 12.5. The lowest BCUT2D eigenvalue weighted by molar-refractivity contribution is 0.100. The monoisotopic (exact) mass is 351 g/mol. The summed E-state index contributed by atoms with van der Waals surface area (Å²) in [6, 6.07) is 6.04. The molecular weight excluding hydrogens is 330 g/mol. The van der Waals surface area contributed by atoms with Gasteiger partial charge in [0.05, 0.1) is 11.9 Å². The number of carbonyl (C=O) groups excluding carboxylic acids is 1. The molecule has 0 saturated carbocycles. The van der Waals surface area contributed by atoms with Crippen molar-refractivity contribution in [1.82, 2.24) is 19.7 Å². The third-order valence-corrected chi connectivity index (χ3v) is 4.00. The smallest absolute Gasteiger partial charge is 0.254 e. The maximum atomic E-state index is 11.8. The number of carbonyl (C=O) groups is 1. The molecule has 3 aromatic rings. The number of hydrogen-bond donors (Lipinski definition) is 3. The SMILES string of the molecule is CCc1cccc(C)c1Nc1nc(Nc2cnn(C)c2)ncc1C(N)=O. The number of amides is 1. The van der Waals surface area contributed by atoms with E-state index in [0.717, 1.165) is 28.9 Å². The van der Waals surface area contributed by atoms with Gasteiger partial charge in [-0.2, -0.15) is 10.1 Å². The van der Waals surface area contributed by atoms with Crippen LogP contribution in [-0.2, 0) is 13.5 Å². The Morgan fingerprint density at radius 3 is 2.73 bits per heavy atom. The quantitative estimate of drug-likeness (QED) is 0.630. The Hall–Kier alpha value is -3.42. The maximum absolute atomic E-state index is 11.8. The van der Waals surface area contributed by atoms with Gasteiger partial charge in [-0.1, -0.05) is 25.1 Å². The van der Waals surface area contributed by atoms with Crippen LogP contribution in [0.5, 0.6) is 0 Å². The molecule has 134 valence electrons. The summed E-state index contributed by atoms with van der Waals surface area (Å²) in [6.07, 6.45) is 5.73. The van der Waals surface area contributed by atoms with E-state index in [1.54, 1.807) is 17.1 Å². The van der Waals surface area contributed by atoms with Crippen molar-refractivity contribution in [3.63, 3.8) is 0 Å². The second-order valence-electron chi connectivity index (χ2n) is 5.94. The summed E-state index contributed by atoms with van der Waals surface area (Å²) in [4.78, 5) is 20.4. The number of aromatic nitrogens is 4. The number of para-hydroxylation sites is 1. The van der Waals surface area contributed by atoms with Crippen molar-refractivity contribution in [3.05, 3.63) is 53.5 Å². The average molecular weight is 351 g/mol. The van der Waals surface area contributed by atoms with E-state index in [1.165, 1.54) is 6.20 Å². The number of nitrogens with zero attached hydrogens (tertiary/aromatic N) is 4. The van der Waals surface area contributed by atoms with Gasteiger partial charge in [0.1, 0.15) is 11.4 Å². The second kappa shape index (κ2) is 7.22. The van der Waals surface area contributed by atoms with Crippen LogP contribution in [0.25, 0.3) is 0 Å². The fourth-order valence-corrected chi connectivity index (χ4v) is 2.65. The molecule has 1 amide bonds. The minimum atomic E-state index is -0.591. The zero-order chi connectivity index (χ0) is 18.7. The molecule has 0 atom stereocenters. The van der Waals surface area contributed by atoms with Gasteiger partial charge >= 0.3 is 0 Å². The predicted molar refractivity (Wildman–Crippen MR) is 101 cm³/mol. The Labute approximate surface area is 151 Å². The summed E-state index contributed by atoms with van der Waals surface area (Å²) >= 11 is 0. The van der Waals surface area contributed by atoms with Crippen LogP contribution in [0.1, 0.15) is 28.4 Å². The largest absolute Gasteiger partial charge is 0.365 e. The van der Waals surface area contributed by atoms with E-state index in [4.69, 9.17) is 5.73 Å². The van der Waals surface area contributed by atoms with E-state index in [9.17, 15) is 4.79 Å². The molecule has 3 rings (SSSR count). The molecule has 2 heterocycles. The van der Waals surface area contributed by atoms with E-state index >= 15 is 0 Å². The second-order valence-corrected chi connectivity index (χ2v) is 5.94. The summed E-state index contributed by atoms with van der Waals surface area (Å²) in [5.74, 6) is 0.118. The van der Waals surface area contributed by atoms with Gasteiger partial charge < -0.3 is 16.4 Å². The van der Waals surface area contributed by atoms with Gasteiger partial charge in [-0.05, 0) is 24.5 Å². The molecule has 26 heavy (non-hydrogen) atoms. The summed E-state index contributed by atoms with van der Waals surface area (Å²) < 4.78 is 1.67. The Balaban J connectivity index is 1.99. The van der Waals surface area contributed by atoms with Gasteiger partial charge in [0.25, 0.3) is 5.91 Å². The molecule has 0 fully saturated rings. The molecule has 0 aliphatic heterocycles. The van der Waals surface area contributed by atoms with Gasteiger partial charge in [0, 0.05) is 25.1 Å². The molecule has 0 aliphatic rings. The van der Waals surface area contributed by atoms with Crippen LogP contribution in [0.3, 0.4) is 0 Å². The van der Waals surface area contributed by atoms with Crippen LogP contribution in [0.4, 0.5) is 23.1 Å². The molecule has 8 heteroatoms. The minimum Gasteiger partial charge on any atom is -0.365 e. The molecule has 0 aliphatic carbocycles. The molecular formula is C18H21N7O. The van der Waals surface area contributed by atoms with Crippen molar-refractivity contribution in [2.75, 3.05) is 10.6 Å². The Morgan fingerprint density at radius 1 is 1.27 bits per heavy atom. The fraction of sp³-hybridized carbons (Fsp3) is 0.222. The maximum Gasteiger partial charge on any atom is 0.254 e. The predicted octanol–water partition coefficient (Wildman–Crippen LogP) is 2.67. The highest BCUT2D eigenvalue weighted by Crippen LogP contribution is 2.27. The number of anilines is 4. The highest BCUT2D eigenvalue weighted by molar-refractivity contribution is 5.98. The topological polar surface area (TPSA) is 111 Å². The van der Waals surface area contributed by atoms with Gasteiger partial charge in [0.15, 0.2) is 0 Å². The summed E-state index contributed by atoms with van der Waals surface area (Å²) in [6.45, 7) is 4.08. The molecule has 0 spiro atoms. The third-order valence-electron chi connectivity index (χ3n) is 4.00. The van der Waals surface area contributed by atoms with Gasteiger partial charge in [-0.3, -0.25) is 9.48 Å². The molecule has 0 unspecified atom stereocenters. The lowest BCUT2D eigenvalue weighted by atomic mass is 10.1. The Kier molecular flexibility index (Phi) is 4.83. The minimum absolute atomic E-state index is 0.229. The summed E-state index contributed by atoms with van der Waals surface area (Å²) in [5.41, 5.74) is 9.57. The van der Waals surface area contributed by atoms with Crippen molar-refractivity contribution in [3.8, 4) is 0 Å². The van der Waals surface area contributed by atoms with Crippen LogP contribution in [0, 0.1) is 6.92 Å². The van der Waals surface area contributed by atoms with Crippen LogP contribution < -0.4 is 16.4 Å². The van der Waals surface area contributed by atoms with Crippen molar-refractivity contribution in [2.24, 2.45) is 12.8 Å². The number of benzene rings is 1. The number of hydrogen-bond acceptors (Lipinski definition) is 6. The first kappa shape index (κ1) is 17.4. The Morgan fingerprint density at radius 2 is 2.08 bits per heavy atom. The number of aryl methyl sites for hydroxylation is 3. The van der Waals surface area contributed by atoms with Crippen LogP contribution >= 0.6 is 0 Å². The highest BCUT2D eigenvalue weighted by Gasteiger charge is 2.15. The van der Waals surface area contributed by atoms with Crippen molar-refractivity contribution in [1.29, 1.82) is 0 Å². The molecule has 0 saturated heterocycles. The molecule has 0 radical (unpaired) electrons. The van der Waals surface area contributed by atoms with Crippen LogP contribution in [0.15, 0.2) is 36.8 Å². The molecule has 2 aromatic heterocycles. The van der Waals surface area contributed by atoms with E-state index in [1.807, 2.05) is 32.2 Å². The lowest BCUT2D eigenvalue weighted by Gasteiger charge is -2.15. The van der Waals surface area contributed by atoms with Gasteiger partial charge in [-0.15, -0.1) is 0 Å². The third kappa shape index (κ3) is 3.64. The highest BCUT2D eigenvalue weighted by atomic mass is 16.1. The summed E-state index contributed by atoms with van der Waals surface area (Å²) in [5, 5.41) is 10.4. The molecule has 1 aromatic carbocycles. The zero-order valence-electron chi connectivity index (χ0n) is 14.9. The molecule has 8 nitrogen and oxygen atoms in total. The molecule has 0 bridgehead atoms. The van der Waals surface area contributed by atoms with E-state index in [0.29, 0.717) is 11.8 Å². The van der Waals surface area contributed by atoms with Crippen molar-refractivity contribution < 1.29 is 4.79 Å². The van der Waals surface area contributed by atoms with Crippen molar-refractivity contribution >= 4 is 29.0 Å². The lowest BCUT2D eigenvalue weighted by Crippen LogP contribution is -2.16. The average Bonchev–Trinajstić information content (AvgIpc) is 3.01. The Bertz CT molecular complexity index is 948. The zero-order valence-corrected chi connectivity index (χ0v) is 14.9.